The Bertz CT molecular complexity index is 280. The van der Waals surface area contributed by atoms with Gasteiger partial charge in [-0.3, -0.25) is 0 Å². The van der Waals surface area contributed by atoms with E-state index in [1.165, 1.54) is 0 Å². The highest BCUT2D eigenvalue weighted by Crippen LogP contribution is 2.29. The molecule has 1 rings (SSSR count). The molecular weight excluding hydrogens is 349 g/mol. The van der Waals surface area contributed by atoms with Gasteiger partial charge in [-0.15, -0.1) is 4.72 Å². The molecule has 0 aromatic rings. The van der Waals surface area contributed by atoms with Crippen LogP contribution in [0.5, 0.6) is 0 Å². The predicted octanol–water partition coefficient (Wildman–Crippen LogP) is 2.92. The first kappa shape index (κ1) is 15.6. The minimum atomic E-state index is -1.05. The minimum absolute atomic E-state index is 0.0794. The number of nitrogens with one attached hydrogen (secondary N) is 1. The average molecular weight is 371 g/mol. The van der Waals surface area contributed by atoms with E-state index < -0.39 is 11.4 Å². The van der Waals surface area contributed by atoms with Crippen LogP contribution in [0.25, 0.3) is 0 Å². The molecule has 0 aromatic carbocycles. The van der Waals surface area contributed by atoms with Crippen LogP contribution in [-0.4, -0.2) is 25.4 Å². The Morgan fingerprint density at radius 2 is 2.12 bits per heavy atom. The molecule has 1 N–H and O–H groups in total. The molecule has 0 radical (unpaired) electrons. The average Bonchev–Trinajstić information content (AvgIpc) is 2.20. The lowest BCUT2D eigenvalue weighted by molar-refractivity contribution is 0.0595. The molecule has 3 nitrogen and oxygen atoms in total. The van der Waals surface area contributed by atoms with Gasteiger partial charge in [-0.2, -0.15) is 0 Å². The first-order valence-electron chi connectivity index (χ1n) is 5.89. The molecule has 4 atom stereocenters. The number of rotatable bonds is 3. The summed E-state index contributed by atoms with van der Waals surface area (Å²) >= 11 is 1.30. The van der Waals surface area contributed by atoms with Crippen LogP contribution in [0.3, 0.4) is 0 Å². The van der Waals surface area contributed by atoms with Gasteiger partial charge in [0, 0.05) is 11.4 Å². The van der Waals surface area contributed by atoms with E-state index in [1.807, 2.05) is 27.7 Å². The monoisotopic (exact) mass is 371 g/mol. The van der Waals surface area contributed by atoms with Crippen molar-refractivity contribution < 1.29 is 9.29 Å². The third-order valence-electron chi connectivity index (χ3n) is 2.76. The molecule has 1 aliphatic rings. The summed E-state index contributed by atoms with van der Waals surface area (Å²) < 4.78 is 21.0. The summed E-state index contributed by atoms with van der Waals surface area (Å²) in [5, 5.41) is 0. The fourth-order valence-corrected chi connectivity index (χ4v) is 2.92. The van der Waals surface area contributed by atoms with Crippen molar-refractivity contribution >= 4 is 34.0 Å². The Balaban J connectivity index is 2.48. The van der Waals surface area contributed by atoms with Gasteiger partial charge in [-0.05, 0) is 40.5 Å². The molecule has 1 heterocycles. The zero-order chi connectivity index (χ0) is 13.2. The highest BCUT2D eigenvalue weighted by atomic mass is 127. The van der Waals surface area contributed by atoms with Crippen LogP contribution in [0.15, 0.2) is 12.3 Å². The summed E-state index contributed by atoms with van der Waals surface area (Å²) in [6.07, 6.45) is 2.15. The number of alkyl halides is 1. The lowest BCUT2D eigenvalue weighted by atomic mass is 10.0. The number of ether oxygens (including phenoxy) is 1. The predicted molar refractivity (Wildman–Crippen MR) is 81.5 cm³/mol. The second-order valence-electron chi connectivity index (χ2n) is 5.46. The highest BCUT2D eigenvalue weighted by Gasteiger charge is 2.33. The summed E-state index contributed by atoms with van der Waals surface area (Å²) in [7, 11) is 0. The van der Waals surface area contributed by atoms with E-state index in [0.717, 1.165) is 18.6 Å². The maximum Gasteiger partial charge on any atom is 0.136 e. The lowest BCUT2D eigenvalue weighted by Crippen LogP contribution is -2.49. The van der Waals surface area contributed by atoms with Gasteiger partial charge in [0.1, 0.15) is 16.6 Å². The van der Waals surface area contributed by atoms with Gasteiger partial charge >= 0.3 is 0 Å². The largest absolute Gasteiger partial charge is 0.598 e. The quantitative estimate of drug-likeness (QED) is 0.471. The molecular formula is C12H22INO2S. The lowest BCUT2D eigenvalue weighted by Gasteiger charge is -2.34. The summed E-state index contributed by atoms with van der Waals surface area (Å²) in [4.78, 5) is 0. The van der Waals surface area contributed by atoms with E-state index in [4.69, 9.17) is 4.74 Å². The fraction of sp³-hybridized carbons (Fsp3) is 0.833. The van der Waals surface area contributed by atoms with Crippen molar-refractivity contribution in [1.82, 2.24) is 4.72 Å². The van der Waals surface area contributed by atoms with E-state index in [1.54, 1.807) is 0 Å². The first-order chi connectivity index (χ1) is 7.71. The van der Waals surface area contributed by atoms with Gasteiger partial charge in [0.25, 0.3) is 0 Å². The second-order valence-corrected chi connectivity index (χ2v) is 8.96. The van der Waals surface area contributed by atoms with Crippen LogP contribution in [0.1, 0.15) is 40.5 Å². The van der Waals surface area contributed by atoms with Crippen molar-refractivity contribution in [1.29, 1.82) is 0 Å². The Hall–Kier alpha value is 0.540. The van der Waals surface area contributed by atoms with Gasteiger partial charge in [0.2, 0.25) is 0 Å². The zero-order valence-corrected chi connectivity index (χ0v) is 13.9. The molecule has 1 aliphatic heterocycles. The molecule has 0 spiro atoms. The summed E-state index contributed by atoms with van der Waals surface area (Å²) in [6.45, 7) is 11.8. The van der Waals surface area contributed by atoms with Crippen molar-refractivity contribution in [2.24, 2.45) is 0 Å². The van der Waals surface area contributed by atoms with E-state index in [9.17, 15) is 4.55 Å². The SMILES string of the molecule is C=C1O[C@H]([C@@H](C)N[S@+]([O-])C(C)(C)C)CCC1I. The van der Waals surface area contributed by atoms with Gasteiger partial charge in [0.15, 0.2) is 0 Å². The summed E-state index contributed by atoms with van der Waals surface area (Å²) in [6, 6.07) is 0.0794. The molecule has 0 bridgehead atoms. The molecule has 5 heteroatoms. The normalized spacial score (nSPS) is 29.6. The van der Waals surface area contributed by atoms with Gasteiger partial charge in [-0.25, -0.2) is 0 Å². The van der Waals surface area contributed by atoms with Crippen molar-refractivity contribution in [3.63, 3.8) is 0 Å². The van der Waals surface area contributed by atoms with E-state index >= 15 is 0 Å². The molecule has 0 aliphatic carbocycles. The zero-order valence-electron chi connectivity index (χ0n) is 11.0. The maximum atomic E-state index is 12.0. The molecule has 0 aromatic heterocycles. The van der Waals surface area contributed by atoms with Crippen LogP contribution in [0, 0.1) is 0 Å². The Morgan fingerprint density at radius 1 is 1.53 bits per heavy atom. The number of hydrogen-bond acceptors (Lipinski definition) is 3. The van der Waals surface area contributed by atoms with E-state index in [0.29, 0.717) is 3.92 Å². The van der Waals surface area contributed by atoms with Crippen molar-refractivity contribution in [2.45, 2.75) is 61.4 Å². The number of halogens is 1. The minimum Gasteiger partial charge on any atom is -0.598 e. The maximum absolute atomic E-state index is 12.0. The fourth-order valence-electron chi connectivity index (χ4n) is 1.57. The van der Waals surface area contributed by atoms with Crippen LogP contribution in [0.4, 0.5) is 0 Å². The molecule has 1 saturated heterocycles. The topological polar surface area (TPSA) is 44.3 Å². The molecule has 1 unspecified atom stereocenters. The number of allylic oxidation sites excluding steroid dienone is 1. The molecule has 0 saturated carbocycles. The van der Waals surface area contributed by atoms with Gasteiger partial charge < -0.3 is 9.29 Å². The van der Waals surface area contributed by atoms with Gasteiger partial charge in [0.05, 0.1) is 9.97 Å². The van der Waals surface area contributed by atoms with E-state index in [2.05, 4.69) is 33.9 Å². The number of hydrogen-bond donors (Lipinski definition) is 1. The van der Waals surface area contributed by atoms with Crippen molar-refractivity contribution in [3.8, 4) is 0 Å². The molecule has 17 heavy (non-hydrogen) atoms. The second kappa shape index (κ2) is 6.12. The van der Waals surface area contributed by atoms with E-state index in [-0.39, 0.29) is 16.9 Å². The first-order valence-corrected chi connectivity index (χ1v) is 8.29. The Morgan fingerprint density at radius 3 is 2.59 bits per heavy atom. The van der Waals surface area contributed by atoms with Crippen LogP contribution in [-0.2, 0) is 16.1 Å². The Kier molecular flexibility index (Phi) is 5.62. The third-order valence-corrected chi connectivity index (χ3v) is 5.78. The molecule has 100 valence electrons. The van der Waals surface area contributed by atoms with Crippen molar-refractivity contribution in [2.75, 3.05) is 0 Å². The van der Waals surface area contributed by atoms with Gasteiger partial charge in [-0.1, -0.05) is 29.2 Å². The third kappa shape index (κ3) is 4.61. The van der Waals surface area contributed by atoms with Crippen LogP contribution in [0.2, 0.25) is 0 Å². The van der Waals surface area contributed by atoms with Crippen LogP contribution < -0.4 is 4.72 Å². The standard InChI is InChI=1S/C12H22INO2S/c1-8(14-17(15)12(3,4)5)11-7-6-10(13)9(2)16-11/h8,10-11,14H,2,6-7H2,1,3-5H3/t8-,10?,11+,17-/m1/s1. The highest BCUT2D eigenvalue weighted by molar-refractivity contribution is 14.1. The summed E-state index contributed by atoms with van der Waals surface area (Å²) in [5.74, 6) is 0.844. The Labute approximate surface area is 121 Å². The van der Waals surface area contributed by atoms with Crippen molar-refractivity contribution in [3.05, 3.63) is 12.3 Å². The smallest absolute Gasteiger partial charge is 0.136 e. The van der Waals surface area contributed by atoms with Crippen LogP contribution >= 0.6 is 22.6 Å². The summed E-state index contributed by atoms with van der Waals surface area (Å²) in [5.41, 5.74) is 0. The molecule has 0 amide bonds. The molecule has 1 fully saturated rings.